The van der Waals surface area contributed by atoms with Crippen molar-refractivity contribution in [2.24, 2.45) is 10.7 Å². The summed E-state index contributed by atoms with van der Waals surface area (Å²) >= 11 is 0. The minimum atomic E-state index is 0. The maximum atomic E-state index is 6.07. The van der Waals surface area contributed by atoms with Crippen molar-refractivity contribution in [2.45, 2.75) is 46.2 Å². The van der Waals surface area contributed by atoms with Crippen molar-refractivity contribution in [1.82, 2.24) is 15.1 Å². The molecule has 0 saturated carbocycles. The van der Waals surface area contributed by atoms with Crippen LogP contribution in [0.3, 0.4) is 0 Å². The van der Waals surface area contributed by atoms with Crippen LogP contribution in [-0.4, -0.2) is 74.8 Å². The van der Waals surface area contributed by atoms with E-state index < -0.39 is 0 Å². The molecule has 0 radical (unpaired) electrons. The molecule has 0 aliphatic carbocycles. The highest BCUT2D eigenvalue weighted by Gasteiger charge is 2.22. The minimum Gasteiger partial charge on any atom is -0.493 e. The van der Waals surface area contributed by atoms with Crippen molar-refractivity contribution >= 4 is 29.9 Å². The summed E-state index contributed by atoms with van der Waals surface area (Å²) in [5.74, 6) is 1.99. The highest BCUT2D eigenvalue weighted by molar-refractivity contribution is 14.0. The van der Waals surface area contributed by atoms with E-state index in [1.807, 2.05) is 18.2 Å². The summed E-state index contributed by atoms with van der Waals surface area (Å²) in [6.07, 6.45) is 2.49. The lowest BCUT2D eigenvalue weighted by Gasteiger charge is -2.23. The lowest BCUT2D eigenvalue weighted by atomic mass is 10.2. The number of likely N-dealkylation sites (N-methyl/N-ethyl adjacent to an activating group) is 2. The van der Waals surface area contributed by atoms with E-state index in [-0.39, 0.29) is 24.0 Å². The third-order valence-electron chi connectivity index (χ3n) is 5.64. The maximum Gasteiger partial charge on any atom is 0.188 e. The van der Waals surface area contributed by atoms with Crippen LogP contribution in [0.5, 0.6) is 11.5 Å². The number of halogens is 1. The standard InChI is InChI=1S/C22H39N5O2.HI/c1-5-26(6-2)13-14-29-20-11-10-18(15-21(20)28-4)16-24-22(23)25-17-19-9-8-12-27(19)7-3;/h10-11,15,19H,5-9,12-14,16-17H2,1-4H3,(H3,23,24,25);1H. The molecule has 1 atom stereocenters. The summed E-state index contributed by atoms with van der Waals surface area (Å²) in [4.78, 5) is 9.30. The first-order chi connectivity index (χ1) is 14.1. The lowest BCUT2D eigenvalue weighted by Crippen LogP contribution is -2.42. The second kappa shape index (κ2) is 14.7. The number of nitrogens with two attached hydrogens (primary N) is 1. The highest BCUT2D eigenvalue weighted by Crippen LogP contribution is 2.28. The van der Waals surface area contributed by atoms with Crippen LogP contribution in [0, 0.1) is 0 Å². The third kappa shape index (κ3) is 8.47. The highest BCUT2D eigenvalue weighted by atomic mass is 127. The number of rotatable bonds is 12. The fourth-order valence-electron chi connectivity index (χ4n) is 3.75. The molecule has 1 aliphatic heterocycles. The zero-order valence-electron chi connectivity index (χ0n) is 19.0. The molecule has 1 fully saturated rings. The first kappa shape index (κ1) is 26.8. The Labute approximate surface area is 199 Å². The SMILES string of the molecule is CCN(CC)CCOc1ccc(CN=C(N)NCC2CCCN2CC)cc1OC.I. The maximum absolute atomic E-state index is 6.07. The number of guanidine groups is 1. The van der Waals surface area contributed by atoms with Crippen LogP contribution in [0.4, 0.5) is 0 Å². The number of likely N-dealkylation sites (tertiary alicyclic amines) is 1. The van der Waals surface area contributed by atoms with Crippen LogP contribution in [0.1, 0.15) is 39.2 Å². The Morgan fingerprint density at radius 2 is 2.03 bits per heavy atom. The Hall–Kier alpha value is -1.26. The van der Waals surface area contributed by atoms with Gasteiger partial charge in [-0.1, -0.05) is 26.8 Å². The molecule has 3 N–H and O–H groups in total. The predicted molar refractivity (Wildman–Crippen MR) is 135 cm³/mol. The second-order valence-corrected chi connectivity index (χ2v) is 7.37. The lowest BCUT2D eigenvalue weighted by molar-refractivity contribution is 0.217. The molecule has 0 amide bonds. The molecule has 1 aromatic rings. The van der Waals surface area contributed by atoms with Gasteiger partial charge in [0.2, 0.25) is 0 Å². The van der Waals surface area contributed by atoms with Crippen LogP contribution < -0.4 is 20.5 Å². The van der Waals surface area contributed by atoms with Gasteiger partial charge in [-0.2, -0.15) is 0 Å². The zero-order chi connectivity index (χ0) is 21.1. The molecule has 1 aromatic carbocycles. The van der Waals surface area contributed by atoms with Gasteiger partial charge in [0, 0.05) is 19.1 Å². The topological polar surface area (TPSA) is 75.3 Å². The first-order valence-corrected chi connectivity index (χ1v) is 10.9. The summed E-state index contributed by atoms with van der Waals surface area (Å²) in [5, 5.41) is 3.27. The van der Waals surface area contributed by atoms with E-state index in [0.29, 0.717) is 25.2 Å². The average Bonchev–Trinajstić information content (AvgIpc) is 3.21. The molecule has 172 valence electrons. The Bertz CT molecular complexity index is 640. The predicted octanol–water partition coefficient (Wildman–Crippen LogP) is 2.92. The average molecular weight is 533 g/mol. The van der Waals surface area contributed by atoms with Crippen LogP contribution >= 0.6 is 24.0 Å². The summed E-state index contributed by atoms with van der Waals surface area (Å²) in [6, 6.07) is 6.50. The molecule has 7 nitrogen and oxygen atoms in total. The van der Waals surface area contributed by atoms with Gasteiger partial charge in [-0.05, 0) is 56.7 Å². The summed E-state index contributed by atoms with van der Waals surface area (Å²) in [7, 11) is 1.66. The van der Waals surface area contributed by atoms with Crippen molar-refractivity contribution in [3.63, 3.8) is 0 Å². The molecule has 2 rings (SSSR count). The van der Waals surface area contributed by atoms with Gasteiger partial charge in [-0.3, -0.25) is 4.90 Å². The molecule has 0 bridgehead atoms. The van der Waals surface area contributed by atoms with Gasteiger partial charge < -0.3 is 25.4 Å². The molecular weight excluding hydrogens is 493 g/mol. The molecule has 8 heteroatoms. The van der Waals surface area contributed by atoms with Gasteiger partial charge in [0.25, 0.3) is 0 Å². The van der Waals surface area contributed by atoms with Crippen molar-refractivity contribution in [2.75, 3.05) is 53.0 Å². The van der Waals surface area contributed by atoms with E-state index in [9.17, 15) is 0 Å². The Morgan fingerprint density at radius 1 is 1.27 bits per heavy atom. The molecule has 1 saturated heterocycles. The monoisotopic (exact) mass is 533 g/mol. The minimum absolute atomic E-state index is 0. The van der Waals surface area contributed by atoms with Gasteiger partial charge in [0.1, 0.15) is 6.61 Å². The van der Waals surface area contributed by atoms with E-state index >= 15 is 0 Å². The molecule has 0 spiro atoms. The largest absolute Gasteiger partial charge is 0.493 e. The number of nitrogens with zero attached hydrogens (tertiary/aromatic N) is 3. The van der Waals surface area contributed by atoms with E-state index in [2.05, 4.69) is 40.9 Å². The first-order valence-electron chi connectivity index (χ1n) is 10.9. The number of aliphatic imine (C=N–C) groups is 1. The fraction of sp³-hybridized carbons (Fsp3) is 0.682. The zero-order valence-corrected chi connectivity index (χ0v) is 21.4. The number of ether oxygens (including phenoxy) is 2. The quantitative estimate of drug-likeness (QED) is 0.245. The van der Waals surface area contributed by atoms with Crippen LogP contribution in [0.25, 0.3) is 0 Å². The van der Waals surface area contributed by atoms with Crippen molar-refractivity contribution in [3.05, 3.63) is 23.8 Å². The van der Waals surface area contributed by atoms with E-state index in [1.54, 1.807) is 7.11 Å². The van der Waals surface area contributed by atoms with Crippen molar-refractivity contribution in [3.8, 4) is 11.5 Å². The Morgan fingerprint density at radius 3 is 2.70 bits per heavy atom. The molecule has 1 unspecified atom stereocenters. The van der Waals surface area contributed by atoms with Crippen molar-refractivity contribution < 1.29 is 9.47 Å². The smallest absolute Gasteiger partial charge is 0.188 e. The summed E-state index contributed by atoms with van der Waals surface area (Å²) < 4.78 is 11.4. The van der Waals surface area contributed by atoms with Crippen molar-refractivity contribution in [1.29, 1.82) is 0 Å². The van der Waals surface area contributed by atoms with E-state index in [1.165, 1.54) is 19.4 Å². The molecule has 1 aliphatic rings. The van der Waals surface area contributed by atoms with Crippen LogP contribution in [0.2, 0.25) is 0 Å². The van der Waals surface area contributed by atoms with Gasteiger partial charge in [-0.15, -0.1) is 24.0 Å². The number of hydrogen-bond acceptors (Lipinski definition) is 5. The Balaban J connectivity index is 0.00000450. The number of nitrogens with one attached hydrogen (secondary N) is 1. The molecule has 1 heterocycles. The summed E-state index contributed by atoms with van der Waals surface area (Å²) in [6.45, 7) is 13.8. The van der Waals surface area contributed by atoms with Gasteiger partial charge in [-0.25, -0.2) is 4.99 Å². The normalized spacial score (nSPS) is 17.1. The third-order valence-corrected chi connectivity index (χ3v) is 5.64. The molecule has 0 aromatic heterocycles. The van der Waals surface area contributed by atoms with E-state index in [0.717, 1.165) is 49.8 Å². The molecular formula is C22H40IN5O2. The van der Waals surface area contributed by atoms with Crippen LogP contribution in [-0.2, 0) is 6.54 Å². The summed E-state index contributed by atoms with van der Waals surface area (Å²) in [5.41, 5.74) is 7.11. The van der Waals surface area contributed by atoms with Crippen LogP contribution in [0.15, 0.2) is 23.2 Å². The second-order valence-electron chi connectivity index (χ2n) is 7.37. The fourth-order valence-corrected chi connectivity index (χ4v) is 3.75. The number of methoxy groups -OCH3 is 1. The number of benzene rings is 1. The number of hydrogen-bond donors (Lipinski definition) is 2. The molecule has 30 heavy (non-hydrogen) atoms. The van der Waals surface area contributed by atoms with E-state index in [4.69, 9.17) is 15.2 Å². The van der Waals surface area contributed by atoms with Gasteiger partial charge in [0.15, 0.2) is 17.5 Å². The van der Waals surface area contributed by atoms with Gasteiger partial charge in [0.05, 0.1) is 13.7 Å². The van der Waals surface area contributed by atoms with Gasteiger partial charge >= 0.3 is 0 Å². The Kier molecular flexibility index (Phi) is 13.1.